The van der Waals surface area contributed by atoms with Gasteiger partial charge < -0.3 is 16.0 Å². The standard InChI is InChI=1S/C28H24N4O2/c29-27(33)26(15-20-17-30-24-13-7-6-10-21(20)24)32-28(34)23-12-5-4-11-22(23)25-14-19(16-31-25)18-8-2-1-3-9-18/h1-14,17,26,30H,15-16H2,(H2,29,33)(H,32,34)/t26-/m0/s1. The molecule has 1 aromatic heterocycles. The normalized spacial score (nSPS) is 13.9. The summed E-state index contributed by atoms with van der Waals surface area (Å²) >= 11 is 0. The van der Waals surface area contributed by atoms with Crippen molar-refractivity contribution < 1.29 is 9.59 Å². The van der Waals surface area contributed by atoms with Crippen molar-refractivity contribution in [1.82, 2.24) is 10.3 Å². The number of aromatic amines is 1. The monoisotopic (exact) mass is 448 g/mol. The molecule has 2 amide bonds. The minimum Gasteiger partial charge on any atom is -0.368 e. The number of para-hydroxylation sites is 1. The van der Waals surface area contributed by atoms with Gasteiger partial charge in [-0.05, 0) is 34.9 Å². The van der Waals surface area contributed by atoms with Gasteiger partial charge in [-0.15, -0.1) is 0 Å². The van der Waals surface area contributed by atoms with E-state index in [2.05, 4.69) is 15.3 Å². The maximum Gasteiger partial charge on any atom is 0.252 e. The number of fused-ring (bicyclic) bond motifs is 1. The van der Waals surface area contributed by atoms with Gasteiger partial charge in [-0.2, -0.15) is 0 Å². The second-order valence-corrected chi connectivity index (χ2v) is 8.27. The van der Waals surface area contributed by atoms with Gasteiger partial charge in [0.15, 0.2) is 0 Å². The van der Waals surface area contributed by atoms with Gasteiger partial charge in [0, 0.05) is 34.6 Å². The smallest absolute Gasteiger partial charge is 0.252 e. The number of carbonyl (C=O) groups excluding carboxylic acids is 2. The van der Waals surface area contributed by atoms with Crippen LogP contribution >= 0.6 is 0 Å². The van der Waals surface area contributed by atoms with E-state index >= 15 is 0 Å². The average molecular weight is 449 g/mol. The quantitative estimate of drug-likeness (QED) is 0.400. The van der Waals surface area contributed by atoms with Crippen molar-refractivity contribution in [1.29, 1.82) is 0 Å². The van der Waals surface area contributed by atoms with Gasteiger partial charge in [0.05, 0.1) is 12.3 Å². The minimum atomic E-state index is -0.847. The Bertz CT molecular complexity index is 1430. The van der Waals surface area contributed by atoms with Crippen molar-refractivity contribution in [3.63, 3.8) is 0 Å². The van der Waals surface area contributed by atoms with Gasteiger partial charge in [-0.3, -0.25) is 14.6 Å². The van der Waals surface area contributed by atoms with Gasteiger partial charge in [-0.25, -0.2) is 0 Å². The molecule has 5 rings (SSSR count). The molecule has 0 fully saturated rings. The van der Waals surface area contributed by atoms with E-state index in [1.54, 1.807) is 12.1 Å². The Hall–Kier alpha value is -4.45. The van der Waals surface area contributed by atoms with E-state index in [-0.39, 0.29) is 5.91 Å². The third kappa shape index (κ3) is 4.26. The maximum absolute atomic E-state index is 13.3. The van der Waals surface area contributed by atoms with Gasteiger partial charge in [0.2, 0.25) is 5.91 Å². The van der Waals surface area contributed by atoms with Crippen LogP contribution in [0.4, 0.5) is 0 Å². The number of benzene rings is 3. The molecular formula is C28H24N4O2. The van der Waals surface area contributed by atoms with Crippen LogP contribution in [0, 0.1) is 0 Å². The van der Waals surface area contributed by atoms with Crippen molar-refractivity contribution in [2.45, 2.75) is 12.5 Å². The summed E-state index contributed by atoms with van der Waals surface area (Å²) in [6.07, 6.45) is 4.16. The number of amides is 2. The summed E-state index contributed by atoms with van der Waals surface area (Å²) in [6, 6.07) is 24.3. The van der Waals surface area contributed by atoms with Crippen LogP contribution in [-0.2, 0) is 11.2 Å². The summed E-state index contributed by atoms with van der Waals surface area (Å²) in [5.41, 5.74) is 11.7. The zero-order valence-electron chi connectivity index (χ0n) is 18.5. The van der Waals surface area contributed by atoms with Crippen molar-refractivity contribution >= 4 is 34.0 Å². The molecule has 0 radical (unpaired) electrons. The molecule has 1 aliphatic heterocycles. The van der Waals surface area contributed by atoms with Crippen LogP contribution in [0.2, 0.25) is 0 Å². The number of allylic oxidation sites excluding steroid dienone is 1. The third-order valence-electron chi connectivity index (χ3n) is 6.07. The molecule has 0 saturated heterocycles. The maximum atomic E-state index is 13.3. The molecule has 0 spiro atoms. The van der Waals surface area contributed by atoms with E-state index in [9.17, 15) is 9.59 Å². The fraction of sp³-hybridized carbons (Fsp3) is 0.107. The summed E-state index contributed by atoms with van der Waals surface area (Å²) in [7, 11) is 0. The predicted octanol–water partition coefficient (Wildman–Crippen LogP) is 3.88. The Morgan fingerprint density at radius 2 is 1.71 bits per heavy atom. The van der Waals surface area contributed by atoms with Crippen LogP contribution in [0.15, 0.2) is 96.1 Å². The molecule has 1 atom stereocenters. The van der Waals surface area contributed by atoms with Crippen molar-refractivity contribution in [2.75, 3.05) is 6.54 Å². The molecule has 6 heteroatoms. The lowest BCUT2D eigenvalue weighted by Gasteiger charge is -2.17. The van der Waals surface area contributed by atoms with Crippen molar-refractivity contribution in [3.05, 3.63) is 113 Å². The average Bonchev–Trinajstić information content (AvgIpc) is 3.52. The Morgan fingerprint density at radius 1 is 0.971 bits per heavy atom. The van der Waals surface area contributed by atoms with E-state index in [0.717, 1.165) is 38.9 Å². The first-order valence-corrected chi connectivity index (χ1v) is 11.1. The third-order valence-corrected chi connectivity index (χ3v) is 6.07. The van der Waals surface area contributed by atoms with E-state index in [1.165, 1.54) is 0 Å². The number of aliphatic imine (C=N–C) groups is 1. The molecule has 0 aliphatic carbocycles. The lowest BCUT2D eigenvalue weighted by molar-refractivity contribution is -0.119. The fourth-order valence-electron chi connectivity index (χ4n) is 4.30. The largest absolute Gasteiger partial charge is 0.368 e. The highest BCUT2D eigenvalue weighted by Crippen LogP contribution is 2.24. The van der Waals surface area contributed by atoms with Gasteiger partial charge >= 0.3 is 0 Å². The number of hydrogen-bond acceptors (Lipinski definition) is 3. The van der Waals surface area contributed by atoms with Gasteiger partial charge in [0.1, 0.15) is 6.04 Å². The van der Waals surface area contributed by atoms with Crippen molar-refractivity contribution in [3.8, 4) is 0 Å². The molecule has 3 aromatic carbocycles. The zero-order chi connectivity index (χ0) is 23.5. The summed E-state index contributed by atoms with van der Waals surface area (Å²) in [6.45, 7) is 0.555. The molecular weight excluding hydrogens is 424 g/mol. The SMILES string of the molecule is NC(=O)[C@H](Cc1c[nH]c2ccccc12)NC(=O)c1ccccc1C1=NCC(c2ccccc2)=C1. The highest BCUT2D eigenvalue weighted by molar-refractivity contribution is 6.19. The highest BCUT2D eigenvalue weighted by Gasteiger charge is 2.24. The van der Waals surface area contributed by atoms with Crippen LogP contribution in [-0.4, -0.2) is 35.1 Å². The highest BCUT2D eigenvalue weighted by atomic mass is 16.2. The first-order chi connectivity index (χ1) is 16.6. The Morgan fingerprint density at radius 3 is 2.53 bits per heavy atom. The summed E-state index contributed by atoms with van der Waals surface area (Å²) in [5, 5.41) is 3.84. The molecule has 4 N–H and O–H groups in total. The van der Waals surface area contributed by atoms with Crippen LogP contribution in [0.3, 0.4) is 0 Å². The second-order valence-electron chi connectivity index (χ2n) is 8.27. The van der Waals surface area contributed by atoms with Gasteiger partial charge in [-0.1, -0.05) is 66.7 Å². The summed E-state index contributed by atoms with van der Waals surface area (Å²) in [4.78, 5) is 33.4. The predicted molar refractivity (Wildman–Crippen MR) is 135 cm³/mol. The first kappa shape index (κ1) is 21.4. The number of nitrogens with zero attached hydrogens (tertiary/aromatic N) is 1. The summed E-state index contributed by atoms with van der Waals surface area (Å²) < 4.78 is 0. The van der Waals surface area contributed by atoms with Crippen molar-refractivity contribution in [2.24, 2.45) is 10.7 Å². The molecule has 4 aromatic rings. The summed E-state index contributed by atoms with van der Waals surface area (Å²) in [5.74, 6) is -0.941. The van der Waals surface area contributed by atoms with Crippen LogP contribution in [0.25, 0.3) is 16.5 Å². The van der Waals surface area contributed by atoms with E-state index in [1.807, 2.05) is 79.0 Å². The molecule has 2 heterocycles. The lowest BCUT2D eigenvalue weighted by Crippen LogP contribution is -2.46. The number of aromatic nitrogens is 1. The minimum absolute atomic E-state index is 0.298. The number of nitrogens with two attached hydrogens (primary N) is 1. The molecule has 6 nitrogen and oxygen atoms in total. The molecule has 0 unspecified atom stereocenters. The molecule has 0 bridgehead atoms. The van der Waals surface area contributed by atoms with E-state index in [0.29, 0.717) is 18.5 Å². The van der Waals surface area contributed by atoms with Crippen LogP contribution < -0.4 is 11.1 Å². The molecule has 0 saturated carbocycles. The van der Waals surface area contributed by atoms with E-state index < -0.39 is 11.9 Å². The fourth-order valence-corrected chi connectivity index (χ4v) is 4.30. The molecule has 1 aliphatic rings. The number of nitrogens with one attached hydrogen (secondary N) is 2. The Kier molecular flexibility index (Phi) is 5.79. The molecule has 34 heavy (non-hydrogen) atoms. The second kappa shape index (κ2) is 9.19. The molecule has 168 valence electrons. The number of carbonyl (C=O) groups is 2. The number of rotatable bonds is 7. The number of hydrogen-bond donors (Lipinski definition) is 3. The number of primary amides is 1. The van der Waals surface area contributed by atoms with Crippen LogP contribution in [0.1, 0.15) is 27.0 Å². The Balaban J connectivity index is 1.38. The first-order valence-electron chi connectivity index (χ1n) is 11.1. The zero-order valence-corrected chi connectivity index (χ0v) is 18.5. The topological polar surface area (TPSA) is 100 Å². The van der Waals surface area contributed by atoms with E-state index in [4.69, 9.17) is 5.73 Å². The van der Waals surface area contributed by atoms with Crippen LogP contribution in [0.5, 0.6) is 0 Å². The number of H-pyrrole nitrogens is 1. The lowest BCUT2D eigenvalue weighted by atomic mass is 9.99. The van der Waals surface area contributed by atoms with Gasteiger partial charge in [0.25, 0.3) is 5.91 Å². The Labute approximate surface area is 197 Å².